The molecule has 5 aliphatic rings. The van der Waals surface area contributed by atoms with Gasteiger partial charge in [0.1, 0.15) is 5.82 Å². The number of carbonyl (C=O) groups is 2. The normalized spacial score (nSPS) is 47.3. The zero-order valence-corrected chi connectivity index (χ0v) is 20.7. The van der Waals surface area contributed by atoms with Gasteiger partial charge in [-0.3, -0.25) is 9.59 Å². The third-order valence-electron chi connectivity index (χ3n) is 10.7. The van der Waals surface area contributed by atoms with Crippen LogP contribution in [0.5, 0.6) is 0 Å². The zero-order valence-electron chi connectivity index (χ0n) is 20.7. The molecule has 8 atom stereocenters. The number of Topliss-reactive ketones (excluding diaryl/α,β-unsaturated/α-hetero) is 1. The van der Waals surface area contributed by atoms with Crippen LogP contribution in [-0.2, 0) is 24.8 Å². The Morgan fingerprint density at radius 3 is 2.47 bits per heavy atom. The van der Waals surface area contributed by atoms with Gasteiger partial charge < -0.3 is 9.47 Å². The van der Waals surface area contributed by atoms with E-state index >= 15 is 0 Å². The first-order valence-corrected chi connectivity index (χ1v) is 12.9. The van der Waals surface area contributed by atoms with Crippen molar-refractivity contribution in [3.8, 4) is 0 Å². The second-order valence-corrected chi connectivity index (χ2v) is 12.1. The van der Waals surface area contributed by atoms with E-state index in [1.54, 1.807) is 19.1 Å². The minimum Gasteiger partial charge on any atom is -0.339 e. The minimum absolute atomic E-state index is 0.0395. The number of hydrogen-bond donors (Lipinski definition) is 0. The maximum absolute atomic E-state index is 13.6. The molecule has 1 heterocycles. The monoisotopic (exact) mass is 465 g/mol. The number of halogens is 1. The average molecular weight is 466 g/mol. The van der Waals surface area contributed by atoms with E-state index in [9.17, 15) is 14.0 Å². The van der Waals surface area contributed by atoms with Gasteiger partial charge in [-0.2, -0.15) is 0 Å². The van der Waals surface area contributed by atoms with Crippen molar-refractivity contribution in [1.82, 2.24) is 0 Å². The first-order chi connectivity index (χ1) is 16.0. The fraction of sp³-hybridized carbons (Fsp3) is 0.655. The predicted molar refractivity (Wildman–Crippen MR) is 125 cm³/mol. The van der Waals surface area contributed by atoms with Gasteiger partial charge in [0.25, 0.3) is 0 Å². The Morgan fingerprint density at radius 2 is 1.76 bits per heavy atom. The molecule has 1 aliphatic heterocycles. The van der Waals surface area contributed by atoms with Crippen molar-refractivity contribution in [2.75, 3.05) is 0 Å². The SMILES string of the molecule is CC(=O)[C@@]12O[C@](C)(c3ccc([18F])cc3)O[C@@H]1CC1C3CCC4=CC(=O)CC[C@]4(C)C3CC[C@@]12C. The standard InChI is InChI=1S/C29H35FO4/c1-17(31)29-25(33-28(4,34-29)18-5-8-20(30)9-6-18)16-24-22-10-7-19-15-21(32)11-13-26(19,2)23(22)12-14-27(24,29)3/h5-6,8-9,15,22-25H,7,10-14,16H2,1-4H3/t22?,23?,24?,25-,26+,27+,28-,29-/m1/s1/i30-1. The van der Waals surface area contributed by atoms with Crippen LogP contribution in [0.25, 0.3) is 0 Å². The quantitative estimate of drug-likeness (QED) is 0.547. The molecule has 3 saturated carbocycles. The van der Waals surface area contributed by atoms with Crippen LogP contribution in [-0.4, -0.2) is 23.3 Å². The van der Waals surface area contributed by atoms with Crippen LogP contribution in [0.15, 0.2) is 35.9 Å². The molecule has 0 amide bonds. The van der Waals surface area contributed by atoms with Crippen molar-refractivity contribution in [2.24, 2.45) is 28.6 Å². The number of fused-ring (bicyclic) bond motifs is 7. The van der Waals surface area contributed by atoms with E-state index in [1.165, 1.54) is 17.7 Å². The molecule has 4 aliphatic carbocycles. The number of hydrogen-bond acceptors (Lipinski definition) is 4. The topological polar surface area (TPSA) is 52.6 Å². The Labute approximate surface area is 201 Å². The number of ketones is 2. The van der Waals surface area contributed by atoms with E-state index in [1.807, 2.05) is 13.0 Å². The molecule has 0 bridgehead atoms. The lowest BCUT2D eigenvalue weighted by Crippen LogP contribution is -2.59. The van der Waals surface area contributed by atoms with Gasteiger partial charge in [-0.1, -0.05) is 31.6 Å². The smallest absolute Gasteiger partial charge is 0.193 e. The maximum atomic E-state index is 13.6. The number of ether oxygens (including phenoxy) is 2. The molecule has 3 unspecified atom stereocenters. The summed E-state index contributed by atoms with van der Waals surface area (Å²) in [4.78, 5) is 25.6. The van der Waals surface area contributed by atoms with Gasteiger partial charge >= 0.3 is 0 Å². The summed E-state index contributed by atoms with van der Waals surface area (Å²) in [7, 11) is 0. The van der Waals surface area contributed by atoms with Gasteiger partial charge in [-0.15, -0.1) is 0 Å². The van der Waals surface area contributed by atoms with Crippen molar-refractivity contribution in [3.05, 3.63) is 47.3 Å². The highest BCUT2D eigenvalue weighted by molar-refractivity contribution is 5.91. The van der Waals surface area contributed by atoms with Crippen LogP contribution in [0.2, 0.25) is 0 Å². The van der Waals surface area contributed by atoms with E-state index in [4.69, 9.17) is 9.47 Å². The molecule has 4 nitrogen and oxygen atoms in total. The summed E-state index contributed by atoms with van der Waals surface area (Å²) in [5.74, 6) is 0.310. The lowest BCUT2D eigenvalue weighted by atomic mass is 9.46. The minimum atomic E-state index is -1.08. The molecule has 34 heavy (non-hydrogen) atoms. The van der Waals surface area contributed by atoms with Crippen LogP contribution >= 0.6 is 0 Å². The number of allylic oxidation sites excluding steroid dienone is 1. The van der Waals surface area contributed by atoms with E-state index in [-0.39, 0.29) is 34.3 Å². The number of benzene rings is 1. The maximum Gasteiger partial charge on any atom is 0.193 e. The first kappa shape index (κ1) is 22.6. The first-order valence-electron chi connectivity index (χ1n) is 12.9. The lowest BCUT2D eigenvalue weighted by Gasteiger charge is -2.59. The Morgan fingerprint density at radius 1 is 1.03 bits per heavy atom. The van der Waals surface area contributed by atoms with Crippen LogP contribution in [0.1, 0.15) is 78.2 Å². The Bertz CT molecular complexity index is 1090. The Kier molecular flexibility index (Phi) is 4.72. The molecule has 0 N–H and O–H groups in total. The second kappa shape index (κ2) is 7.10. The molecular weight excluding hydrogens is 430 g/mol. The number of rotatable bonds is 2. The summed E-state index contributed by atoms with van der Waals surface area (Å²) >= 11 is 0. The van der Waals surface area contributed by atoms with Crippen molar-refractivity contribution in [2.45, 2.75) is 90.1 Å². The van der Waals surface area contributed by atoms with E-state index in [2.05, 4.69) is 13.8 Å². The molecule has 1 aromatic rings. The highest BCUT2D eigenvalue weighted by atomic mass is 18.2. The summed E-state index contributed by atoms with van der Waals surface area (Å²) in [5, 5.41) is 0. The Balaban J connectivity index is 1.37. The molecule has 0 aromatic heterocycles. The fourth-order valence-corrected chi connectivity index (χ4v) is 9.04. The summed E-state index contributed by atoms with van der Waals surface area (Å²) < 4.78 is 27.0. The second-order valence-electron chi connectivity index (χ2n) is 12.1. The average Bonchev–Trinajstić information content (AvgIpc) is 3.23. The van der Waals surface area contributed by atoms with Crippen LogP contribution < -0.4 is 0 Å². The van der Waals surface area contributed by atoms with Gasteiger partial charge in [-0.05, 0) is 93.7 Å². The van der Waals surface area contributed by atoms with E-state index in [0.717, 1.165) is 44.1 Å². The van der Waals surface area contributed by atoms with E-state index < -0.39 is 11.4 Å². The third kappa shape index (κ3) is 2.71. The largest absolute Gasteiger partial charge is 0.339 e. The zero-order chi connectivity index (χ0) is 24.1. The van der Waals surface area contributed by atoms with Gasteiger partial charge in [0.15, 0.2) is 23.0 Å². The Hall–Kier alpha value is -1.85. The molecule has 5 heteroatoms. The van der Waals surface area contributed by atoms with Crippen LogP contribution in [0.3, 0.4) is 0 Å². The summed E-state index contributed by atoms with van der Waals surface area (Å²) in [6.45, 7) is 8.15. The van der Waals surface area contributed by atoms with Gasteiger partial charge in [0.05, 0.1) is 6.10 Å². The summed E-state index contributed by atoms with van der Waals surface area (Å²) in [6.07, 6.45) is 8.01. The molecule has 0 spiro atoms. The predicted octanol–water partition coefficient (Wildman–Crippen LogP) is 5.88. The highest BCUT2D eigenvalue weighted by Crippen LogP contribution is 2.71. The van der Waals surface area contributed by atoms with Crippen LogP contribution in [0.4, 0.5) is 4.39 Å². The van der Waals surface area contributed by atoms with Crippen molar-refractivity contribution in [1.29, 1.82) is 0 Å². The van der Waals surface area contributed by atoms with Crippen molar-refractivity contribution >= 4 is 11.6 Å². The molecule has 1 saturated heterocycles. The molecule has 0 radical (unpaired) electrons. The highest BCUT2D eigenvalue weighted by Gasteiger charge is 2.75. The van der Waals surface area contributed by atoms with Gasteiger partial charge in [-0.25, -0.2) is 4.39 Å². The molecule has 4 fully saturated rings. The third-order valence-corrected chi connectivity index (χ3v) is 10.7. The molecule has 6 rings (SSSR count). The van der Waals surface area contributed by atoms with Gasteiger partial charge in [0.2, 0.25) is 0 Å². The molecular formula is C29H35FO4. The van der Waals surface area contributed by atoms with Crippen molar-refractivity contribution in [3.63, 3.8) is 0 Å². The fourth-order valence-electron chi connectivity index (χ4n) is 9.04. The summed E-state index contributed by atoms with van der Waals surface area (Å²) in [6, 6.07) is 6.23. The summed E-state index contributed by atoms with van der Waals surface area (Å²) in [5.41, 5.74) is 0.869. The van der Waals surface area contributed by atoms with Gasteiger partial charge in [0, 0.05) is 17.4 Å². The lowest BCUT2D eigenvalue weighted by molar-refractivity contribution is -0.227. The molecule has 1 aromatic carbocycles. The van der Waals surface area contributed by atoms with E-state index in [0.29, 0.717) is 24.2 Å². The molecule has 182 valence electrons. The number of carbonyl (C=O) groups excluding carboxylic acids is 2. The van der Waals surface area contributed by atoms with Crippen molar-refractivity contribution < 1.29 is 23.5 Å². The van der Waals surface area contributed by atoms with Crippen LogP contribution in [0, 0.1) is 34.4 Å².